The van der Waals surface area contributed by atoms with Gasteiger partial charge in [0.15, 0.2) is 0 Å². The summed E-state index contributed by atoms with van der Waals surface area (Å²) in [7, 11) is 0. The zero-order valence-corrected chi connectivity index (χ0v) is 11.6. The van der Waals surface area contributed by atoms with E-state index in [1.165, 1.54) is 25.7 Å². The van der Waals surface area contributed by atoms with E-state index in [0.717, 1.165) is 32.1 Å². The molecule has 2 aliphatic rings. The summed E-state index contributed by atoms with van der Waals surface area (Å²) in [6, 6.07) is 0.254. The number of carbonyl (C=O) groups is 1. The Kier molecular flexibility index (Phi) is 5.01. The van der Waals surface area contributed by atoms with Gasteiger partial charge in [0.25, 0.3) is 0 Å². The van der Waals surface area contributed by atoms with E-state index in [0.29, 0.717) is 18.9 Å². The maximum Gasteiger partial charge on any atom is 0.224 e. The number of nitrogens with two attached hydrogens (primary N) is 1. The summed E-state index contributed by atoms with van der Waals surface area (Å²) in [5.41, 5.74) is 5.86. The molecule has 18 heavy (non-hydrogen) atoms. The number of carbonyl (C=O) groups excluding carboxylic acids is 1. The van der Waals surface area contributed by atoms with Crippen molar-refractivity contribution in [3.63, 3.8) is 0 Å². The number of hydrogen-bond acceptors (Lipinski definition) is 3. The van der Waals surface area contributed by atoms with Crippen LogP contribution in [0.5, 0.6) is 0 Å². The van der Waals surface area contributed by atoms with E-state index in [-0.39, 0.29) is 6.04 Å². The van der Waals surface area contributed by atoms with Crippen LogP contribution in [-0.4, -0.2) is 54.5 Å². The smallest absolute Gasteiger partial charge is 0.224 e. The number of hydrogen-bond donors (Lipinski definition) is 1. The second-order valence-electron chi connectivity index (χ2n) is 5.92. The molecule has 0 aromatic heterocycles. The molecule has 104 valence electrons. The van der Waals surface area contributed by atoms with Gasteiger partial charge in [-0.3, -0.25) is 9.69 Å². The van der Waals surface area contributed by atoms with E-state index in [9.17, 15) is 4.79 Å². The largest absolute Gasteiger partial charge is 0.343 e. The summed E-state index contributed by atoms with van der Waals surface area (Å²) in [5.74, 6) is 1.06. The Morgan fingerprint density at radius 3 is 2.56 bits per heavy atom. The first-order valence-electron chi connectivity index (χ1n) is 7.42. The van der Waals surface area contributed by atoms with Crippen LogP contribution in [0.1, 0.15) is 39.0 Å². The van der Waals surface area contributed by atoms with Crippen molar-refractivity contribution in [1.82, 2.24) is 9.80 Å². The van der Waals surface area contributed by atoms with E-state index in [1.54, 1.807) is 0 Å². The molecule has 0 radical (unpaired) electrons. The number of piperidine rings is 1. The second-order valence-corrected chi connectivity index (χ2v) is 5.92. The molecular formula is C14H27N3O. The van der Waals surface area contributed by atoms with Gasteiger partial charge in [-0.15, -0.1) is 0 Å². The van der Waals surface area contributed by atoms with Crippen LogP contribution in [0.3, 0.4) is 0 Å². The zero-order valence-electron chi connectivity index (χ0n) is 11.6. The van der Waals surface area contributed by atoms with E-state index in [1.807, 2.05) is 4.90 Å². The maximum atomic E-state index is 12.2. The maximum absolute atomic E-state index is 12.2. The Bertz CT molecular complexity index is 276. The number of nitrogens with zero attached hydrogens (tertiary/aromatic N) is 2. The molecule has 0 spiro atoms. The van der Waals surface area contributed by atoms with Gasteiger partial charge >= 0.3 is 0 Å². The summed E-state index contributed by atoms with van der Waals surface area (Å²) in [6.07, 6.45) is 5.46. The van der Waals surface area contributed by atoms with Gasteiger partial charge in [0.1, 0.15) is 0 Å². The minimum atomic E-state index is 0.254. The molecular weight excluding hydrogens is 226 g/mol. The van der Waals surface area contributed by atoms with Gasteiger partial charge in [-0.05, 0) is 38.1 Å². The van der Waals surface area contributed by atoms with Crippen LogP contribution in [0.25, 0.3) is 0 Å². The van der Waals surface area contributed by atoms with Crippen molar-refractivity contribution in [3.8, 4) is 0 Å². The summed E-state index contributed by atoms with van der Waals surface area (Å²) in [6.45, 7) is 7.00. The number of rotatable bonds is 4. The summed E-state index contributed by atoms with van der Waals surface area (Å²) in [5, 5.41) is 0. The summed E-state index contributed by atoms with van der Waals surface area (Å²) >= 11 is 0. The molecule has 2 unspecified atom stereocenters. The summed E-state index contributed by atoms with van der Waals surface area (Å²) in [4.78, 5) is 16.7. The lowest BCUT2D eigenvalue weighted by atomic mass is 10.1. The molecule has 0 aromatic rings. The SMILES string of the molecule is CC1CCN(C(CN)CC(=O)N2CCCCC2)C1. The molecule has 0 bridgehead atoms. The van der Waals surface area contributed by atoms with Gasteiger partial charge in [0, 0.05) is 38.6 Å². The third kappa shape index (κ3) is 3.45. The first kappa shape index (κ1) is 13.8. The van der Waals surface area contributed by atoms with Crippen molar-refractivity contribution >= 4 is 5.91 Å². The molecule has 0 aliphatic carbocycles. The standard InChI is InChI=1S/C14H27N3O/c1-12-5-8-17(11-12)13(10-15)9-14(18)16-6-3-2-4-7-16/h12-13H,2-11,15H2,1H3. The highest BCUT2D eigenvalue weighted by Gasteiger charge is 2.28. The van der Waals surface area contributed by atoms with E-state index in [4.69, 9.17) is 5.73 Å². The lowest BCUT2D eigenvalue weighted by Crippen LogP contribution is -2.45. The first-order chi connectivity index (χ1) is 8.70. The lowest BCUT2D eigenvalue weighted by Gasteiger charge is -2.31. The topological polar surface area (TPSA) is 49.6 Å². The second kappa shape index (κ2) is 6.53. The van der Waals surface area contributed by atoms with Crippen LogP contribution < -0.4 is 5.73 Å². The predicted octanol–water partition coefficient (Wildman–Crippen LogP) is 1.06. The Hall–Kier alpha value is -0.610. The van der Waals surface area contributed by atoms with Crippen LogP contribution in [0.4, 0.5) is 0 Å². The molecule has 4 nitrogen and oxygen atoms in total. The quantitative estimate of drug-likeness (QED) is 0.815. The van der Waals surface area contributed by atoms with Gasteiger partial charge < -0.3 is 10.6 Å². The van der Waals surface area contributed by atoms with Crippen molar-refractivity contribution in [3.05, 3.63) is 0 Å². The lowest BCUT2D eigenvalue weighted by molar-refractivity contribution is -0.133. The first-order valence-corrected chi connectivity index (χ1v) is 7.42. The van der Waals surface area contributed by atoms with E-state index >= 15 is 0 Å². The Morgan fingerprint density at radius 2 is 2.00 bits per heavy atom. The molecule has 0 saturated carbocycles. The van der Waals surface area contributed by atoms with Gasteiger partial charge in [-0.25, -0.2) is 0 Å². The minimum absolute atomic E-state index is 0.254. The molecule has 2 atom stereocenters. The van der Waals surface area contributed by atoms with E-state index < -0.39 is 0 Å². The Labute approximate surface area is 110 Å². The van der Waals surface area contributed by atoms with Crippen molar-refractivity contribution in [2.75, 3.05) is 32.7 Å². The fourth-order valence-electron chi connectivity index (χ4n) is 3.14. The molecule has 2 aliphatic heterocycles. The third-order valence-corrected chi connectivity index (χ3v) is 4.36. The normalized spacial score (nSPS) is 27.4. The van der Waals surface area contributed by atoms with Gasteiger partial charge in [0.05, 0.1) is 0 Å². The van der Waals surface area contributed by atoms with Crippen molar-refractivity contribution < 1.29 is 4.79 Å². The van der Waals surface area contributed by atoms with Gasteiger partial charge in [0.2, 0.25) is 5.91 Å². The molecule has 2 N–H and O–H groups in total. The fourth-order valence-corrected chi connectivity index (χ4v) is 3.14. The molecule has 2 fully saturated rings. The highest BCUT2D eigenvalue weighted by Crippen LogP contribution is 2.20. The molecule has 2 saturated heterocycles. The van der Waals surface area contributed by atoms with Crippen LogP contribution in [0, 0.1) is 5.92 Å². The molecule has 0 aromatic carbocycles. The molecule has 2 rings (SSSR count). The van der Waals surface area contributed by atoms with Crippen LogP contribution >= 0.6 is 0 Å². The van der Waals surface area contributed by atoms with Crippen LogP contribution in [0.2, 0.25) is 0 Å². The average Bonchev–Trinajstić information content (AvgIpc) is 2.83. The molecule has 2 heterocycles. The van der Waals surface area contributed by atoms with Crippen LogP contribution in [-0.2, 0) is 4.79 Å². The highest BCUT2D eigenvalue weighted by molar-refractivity contribution is 5.77. The Morgan fingerprint density at radius 1 is 1.28 bits per heavy atom. The van der Waals surface area contributed by atoms with Crippen LogP contribution in [0.15, 0.2) is 0 Å². The van der Waals surface area contributed by atoms with Crippen molar-refractivity contribution in [2.24, 2.45) is 11.7 Å². The van der Waals surface area contributed by atoms with E-state index in [2.05, 4.69) is 11.8 Å². The average molecular weight is 253 g/mol. The Balaban J connectivity index is 1.83. The monoisotopic (exact) mass is 253 g/mol. The van der Waals surface area contributed by atoms with Gasteiger partial charge in [-0.2, -0.15) is 0 Å². The minimum Gasteiger partial charge on any atom is -0.343 e. The fraction of sp³-hybridized carbons (Fsp3) is 0.929. The molecule has 1 amide bonds. The zero-order chi connectivity index (χ0) is 13.0. The van der Waals surface area contributed by atoms with Gasteiger partial charge in [-0.1, -0.05) is 6.92 Å². The number of amides is 1. The molecule has 4 heteroatoms. The van der Waals surface area contributed by atoms with Crippen molar-refractivity contribution in [2.45, 2.75) is 45.1 Å². The highest BCUT2D eigenvalue weighted by atomic mass is 16.2. The number of likely N-dealkylation sites (tertiary alicyclic amines) is 2. The third-order valence-electron chi connectivity index (χ3n) is 4.36. The summed E-state index contributed by atoms with van der Waals surface area (Å²) < 4.78 is 0. The predicted molar refractivity (Wildman–Crippen MR) is 73.2 cm³/mol. The van der Waals surface area contributed by atoms with Crippen molar-refractivity contribution in [1.29, 1.82) is 0 Å².